The van der Waals surface area contributed by atoms with Crippen LogP contribution in [0.4, 0.5) is 0 Å². The van der Waals surface area contributed by atoms with Gasteiger partial charge in [-0.1, -0.05) is 23.7 Å². The maximum absolute atomic E-state index is 6.01. The van der Waals surface area contributed by atoms with E-state index in [0.717, 1.165) is 30.6 Å². The minimum absolute atomic E-state index is 0. The molecule has 126 valence electrons. The smallest absolute Gasteiger partial charge is 0.193 e. The van der Waals surface area contributed by atoms with E-state index in [1.807, 2.05) is 25.2 Å². The predicted octanol–water partition coefficient (Wildman–Crippen LogP) is 3.35. The molecule has 0 unspecified atom stereocenters. The van der Waals surface area contributed by atoms with Crippen LogP contribution in [0.3, 0.4) is 0 Å². The summed E-state index contributed by atoms with van der Waals surface area (Å²) < 4.78 is 0. The van der Waals surface area contributed by atoms with Gasteiger partial charge in [-0.3, -0.25) is 4.99 Å². The summed E-state index contributed by atoms with van der Waals surface area (Å²) in [4.78, 5) is 6.40. The van der Waals surface area contributed by atoms with Crippen molar-refractivity contribution in [2.45, 2.75) is 32.9 Å². The van der Waals surface area contributed by atoms with Gasteiger partial charge in [0.1, 0.15) is 0 Å². The Labute approximate surface area is 156 Å². The fourth-order valence-corrected chi connectivity index (χ4v) is 2.19. The Bertz CT molecular complexity index is 471. The lowest BCUT2D eigenvalue weighted by Crippen LogP contribution is -2.44. The third-order valence-electron chi connectivity index (χ3n) is 2.95. The van der Waals surface area contributed by atoms with Gasteiger partial charge in [0.25, 0.3) is 0 Å². The maximum Gasteiger partial charge on any atom is 0.193 e. The second kappa shape index (κ2) is 10.3. The molecular formula is C16H28ClIN4. The molecule has 0 aromatic heterocycles. The Balaban J connectivity index is 0.00000441. The van der Waals surface area contributed by atoms with Gasteiger partial charge >= 0.3 is 0 Å². The fraction of sp³-hybridized carbons (Fsp3) is 0.562. The number of nitrogens with one attached hydrogen (secondary N) is 2. The van der Waals surface area contributed by atoms with E-state index in [1.165, 1.54) is 5.56 Å². The number of guanidine groups is 1. The van der Waals surface area contributed by atoms with E-state index >= 15 is 0 Å². The molecule has 0 amide bonds. The molecule has 0 aliphatic heterocycles. The molecule has 22 heavy (non-hydrogen) atoms. The highest BCUT2D eigenvalue weighted by atomic mass is 127. The number of halogens is 2. The van der Waals surface area contributed by atoms with Gasteiger partial charge in [0.2, 0.25) is 0 Å². The van der Waals surface area contributed by atoms with Crippen molar-refractivity contribution in [3.05, 3.63) is 34.9 Å². The molecule has 0 fully saturated rings. The summed E-state index contributed by atoms with van der Waals surface area (Å²) >= 11 is 6.01. The zero-order chi connectivity index (χ0) is 15.9. The van der Waals surface area contributed by atoms with E-state index in [1.54, 1.807) is 7.05 Å². The number of hydrogen-bond donors (Lipinski definition) is 2. The second-order valence-corrected chi connectivity index (χ2v) is 6.57. The molecule has 0 saturated heterocycles. The lowest BCUT2D eigenvalue weighted by Gasteiger charge is -2.24. The summed E-state index contributed by atoms with van der Waals surface area (Å²) in [6.45, 7) is 8.98. The Hall–Kier alpha value is -0.530. The van der Waals surface area contributed by atoms with Crippen LogP contribution < -0.4 is 10.6 Å². The van der Waals surface area contributed by atoms with Crippen LogP contribution in [0.5, 0.6) is 0 Å². The molecule has 0 radical (unpaired) electrons. The van der Waals surface area contributed by atoms with E-state index in [2.05, 4.69) is 47.4 Å². The molecule has 0 atom stereocenters. The monoisotopic (exact) mass is 438 g/mol. The first-order valence-corrected chi connectivity index (χ1v) is 7.61. The largest absolute Gasteiger partial charge is 0.355 e. The third-order valence-corrected chi connectivity index (χ3v) is 3.18. The number of nitrogens with zero attached hydrogens (tertiary/aromatic N) is 2. The summed E-state index contributed by atoms with van der Waals surface area (Å²) in [7, 11) is 3.82. The third kappa shape index (κ3) is 8.80. The van der Waals surface area contributed by atoms with Gasteiger partial charge in [0.05, 0.1) is 0 Å². The van der Waals surface area contributed by atoms with Gasteiger partial charge in [0, 0.05) is 44.3 Å². The summed E-state index contributed by atoms with van der Waals surface area (Å²) in [6.07, 6.45) is 0. The lowest BCUT2D eigenvalue weighted by atomic mass is 10.1. The van der Waals surface area contributed by atoms with E-state index in [9.17, 15) is 0 Å². The molecule has 0 aliphatic carbocycles. The van der Waals surface area contributed by atoms with Crippen molar-refractivity contribution in [3.63, 3.8) is 0 Å². The molecule has 0 saturated carbocycles. The normalized spacial score (nSPS) is 11.8. The summed E-state index contributed by atoms with van der Waals surface area (Å²) in [5, 5.41) is 7.56. The average molecular weight is 439 g/mol. The molecule has 6 heteroatoms. The molecular weight excluding hydrogens is 411 g/mol. The minimum Gasteiger partial charge on any atom is -0.355 e. The van der Waals surface area contributed by atoms with Gasteiger partial charge in [-0.25, -0.2) is 0 Å². The number of benzene rings is 1. The van der Waals surface area contributed by atoms with Crippen LogP contribution in [0.2, 0.25) is 5.02 Å². The van der Waals surface area contributed by atoms with Crippen molar-refractivity contribution in [3.8, 4) is 0 Å². The zero-order valence-electron chi connectivity index (χ0n) is 14.1. The SMILES string of the molecule is CN=C(NCCNC(C)(C)C)N(C)Cc1cccc(Cl)c1.I. The van der Waals surface area contributed by atoms with Crippen molar-refractivity contribution >= 4 is 41.5 Å². The molecule has 0 aliphatic rings. The Kier molecular flexibility index (Phi) is 10.0. The van der Waals surface area contributed by atoms with Crippen molar-refractivity contribution < 1.29 is 0 Å². The first-order chi connectivity index (χ1) is 9.81. The Morgan fingerprint density at radius 2 is 1.95 bits per heavy atom. The molecule has 1 aromatic carbocycles. The van der Waals surface area contributed by atoms with E-state index in [0.29, 0.717) is 0 Å². The van der Waals surface area contributed by atoms with Crippen LogP contribution in [-0.2, 0) is 6.54 Å². The van der Waals surface area contributed by atoms with Gasteiger partial charge in [-0.05, 0) is 38.5 Å². The lowest BCUT2D eigenvalue weighted by molar-refractivity contribution is 0.422. The molecule has 1 rings (SSSR count). The highest BCUT2D eigenvalue weighted by molar-refractivity contribution is 14.0. The number of aliphatic imine (C=N–C) groups is 1. The molecule has 0 spiro atoms. The molecule has 0 heterocycles. The van der Waals surface area contributed by atoms with Crippen LogP contribution in [0.1, 0.15) is 26.3 Å². The minimum atomic E-state index is 0. The quantitative estimate of drug-likeness (QED) is 0.320. The molecule has 2 N–H and O–H groups in total. The molecule has 1 aromatic rings. The van der Waals surface area contributed by atoms with Crippen LogP contribution in [-0.4, -0.2) is 43.6 Å². The average Bonchev–Trinajstić information content (AvgIpc) is 2.37. The summed E-state index contributed by atoms with van der Waals surface area (Å²) in [6, 6.07) is 7.90. The highest BCUT2D eigenvalue weighted by Gasteiger charge is 2.09. The summed E-state index contributed by atoms with van der Waals surface area (Å²) in [5.74, 6) is 0.880. The highest BCUT2D eigenvalue weighted by Crippen LogP contribution is 2.12. The van der Waals surface area contributed by atoms with E-state index < -0.39 is 0 Å². The van der Waals surface area contributed by atoms with Crippen molar-refractivity contribution in [2.75, 3.05) is 27.2 Å². The summed E-state index contributed by atoms with van der Waals surface area (Å²) in [5.41, 5.74) is 1.30. The van der Waals surface area contributed by atoms with Crippen molar-refractivity contribution in [1.29, 1.82) is 0 Å². The fourth-order valence-electron chi connectivity index (χ4n) is 1.98. The van der Waals surface area contributed by atoms with Crippen LogP contribution in [0.15, 0.2) is 29.3 Å². The molecule has 0 bridgehead atoms. The first kappa shape index (κ1) is 21.5. The van der Waals surface area contributed by atoms with Gasteiger partial charge in [0.15, 0.2) is 5.96 Å². The predicted molar refractivity (Wildman–Crippen MR) is 107 cm³/mol. The Morgan fingerprint density at radius 3 is 2.50 bits per heavy atom. The van der Waals surface area contributed by atoms with Crippen molar-refractivity contribution in [1.82, 2.24) is 15.5 Å². The number of rotatable bonds is 5. The zero-order valence-corrected chi connectivity index (χ0v) is 17.2. The maximum atomic E-state index is 6.01. The topological polar surface area (TPSA) is 39.7 Å². The van der Waals surface area contributed by atoms with Crippen LogP contribution >= 0.6 is 35.6 Å². The van der Waals surface area contributed by atoms with Gasteiger partial charge < -0.3 is 15.5 Å². The van der Waals surface area contributed by atoms with E-state index in [4.69, 9.17) is 11.6 Å². The standard InChI is InChI=1S/C16H27ClN4.HI/c1-16(2,3)20-10-9-19-15(18-4)21(5)12-13-7-6-8-14(17)11-13;/h6-8,11,20H,9-10,12H2,1-5H3,(H,18,19);1H. The van der Waals surface area contributed by atoms with Crippen LogP contribution in [0.25, 0.3) is 0 Å². The van der Waals surface area contributed by atoms with Gasteiger partial charge in [-0.15, -0.1) is 24.0 Å². The first-order valence-electron chi connectivity index (χ1n) is 7.23. The Morgan fingerprint density at radius 1 is 1.27 bits per heavy atom. The second-order valence-electron chi connectivity index (χ2n) is 6.14. The van der Waals surface area contributed by atoms with E-state index in [-0.39, 0.29) is 29.5 Å². The van der Waals surface area contributed by atoms with Crippen LogP contribution in [0, 0.1) is 0 Å². The number of hydrogen-bond acceptors (Lipinski definition) is 2. The van der Waals surface area contributed by atoms with Gasteiger partial charge in [-0.2, -0.15) is 0 Å². The molecule has 4 nitrogen and oxygen atoms in total. The van der Waals surface area contributed by atoms with Crippen molar-refractivity contribution in [2.24, 2.45) is 4.99 Å².